The lowest BCUT2D eigenvalue weighted by Crippen LogP contribution is -2.47. The lowest BCUT2D eigenvalue weighted by molar-refractivity contribution is 0.0510. The zero-order valence-electron chi connectivity index (χ0n) is 10.2. The standard InChI is InChI=1S/C13H17ClN2O/c1-9-4-3-5-10(2)16(9)13(17)11-6-7-15-12(14)8-11/h6-10H,3-5H2,1-2H3. The normalized spacial score (nSPS) is 24.8. The molecular weight excluding hydrogens is 236 g/mol. The fraction of sp³-hybridized carbons (Fsp3) is 0.538. The number of rotatable bonds is 1. The molecule has 1 fully saturated rings. The topological polar surface area (TPSA) is 33.2 Å². The van der Waals surface area contributed by atoms with Gasteiger partial charge in [0.05, 0.1) is 0 Å². The van der Waals surface area contributed by atoms with Crippen molar-refractivity contribution in [1.82, 2.24) is 9.88 Å². The third kappa shape index (κ3) is 2.60. The van der Waals surface area contributed by atoms with Gasteiger partial charge in [-0.15, -0.1) is 0 Å². The van der Waals surface area contributed by atoms with E-state index in [1.54, 1.807) is 18.3 Å². The van der Waals surface area contributed by atoms with Crippen molar-refractivity contribution in [2.24, 2.45) is 0 Å². The number of hydrogen-bond donors (Lipinski definition) is 0. The average molecular weight is 253 g/mol. The molecule has 17 heavy (non-hydrogen) atoms. The summed E-state index contributed by atoms with van der Waals surface area (Å²) < 4.78 is 0. The molecule has 0 saturated carbocycles. The number of amides is 1. The number of carbonyl (C=O) groups excluding carboxylic acids is 1. The minimum absolute atomic E-state index is 0.0639. The molecule has 0 radical (unpaired) electrons. The van der Waals surface area contributed by atoms with Gasteiger partial charge in [0.2, 0.25) is 0 Å². The average Bonchev–Trinajstić information content (AvgIpc) is 2.28. The first-order valence-corrected chi connectivity index (χ1v) is 6.41. The van der Waals surface area contributed by atoms with E-state index < -0.39 is 0 Å². The number of halogens is 1. The number of piperidine rings is 1. The zero-order chi connectivity index (χ0) is 12.4. The predicted molar refractivity (Wildman–Crippen MR) is 68.2 cm³/mol. The molecule has 0 bridgehead atoms. The van der Waals surface area contributed by atoms with Crippen molar-refractivity contribution in [1.29, 1.82) is 0 Å². The summed E-state index contributed by atoms with van der Waals surface area (Å²) in [6.07, 6.45) is 4.93. The van der Waals surface area contributed by atoms with Gasteiger partial charge in [-0.1, -0.05) is 11.6 Å². The molecule has 2 heterocycles. The van der Waals surface area contributed by atoms with Crippen LogP contribution in [0.3, 0.4) is 0 Å². The Bertz CT molecular complexity index is 412. The number of carbonyl (C=O) groups is 1. The third-order valence-electron chi connectivity index (χ3n) is 3.40. The Labute approximate surface area is 107 Å². The maximum Gasteiger partial charge on any atom is 0.254 e. The van der Waals surface area contributed by atoms with E-state index in [4.69, 9.17) is 11.6 Å². The monoisotopic (exact) mass is 252 g/mol. The molecule has 3 nitrogen and oxygen atoms in total. The SMILES string of the molecule is CC1CCCC(C)N1C(=O)c1ccnc(Cl)c1. The second-order valence-corrected chi connectivity index (χ2v) is 5.10. The Balaban J connectivity index is 2.24. The lowest BCUT2D eigenvalue weighted by Gasteiger charge is -2.39. The van der Waals surface area contributed by atoms with Gasteiger partial charge >= 0.3 is 0 Å². The van der Waals surface area contributed by atoms with Gasteiger partial charge in [0.25, 0.3) is 5.91 Å². The second-order valence-electron chi connectivity index (χ2n) is 4.71. The zero-order valence-corrected chi connectivity index (χ0v) is 10.9. The Morgan fingerprint density at radius 2 is 2.06 bits per heavy atom. The highest BCUT2D eigenvalue weighted by Crippen LogP contribution is 2.24. The summed E-state index contributed by atoms with van der Waals surface area (Å²) in [5.41, 5.74) is 0.630. The van der Waals surface area contributed by atoms with Gasteiger partial charge in [-0.2, -0.15) is 0 Å². The Kier molecular flexibility index (Phi) is 3.67. The van der Waals surface area contributed by atoms with E-state index in [0.29, 0.717) is 22.8 Å². The molecule has 1 aliphatic rings. The predicted octanol–water partition coefficient (Wildman–Crippen LogP) is 3.14. The molecular formula is C13H17ClN2O. The highest BCUT2D eigenvalue weighted by molar-refractivity contribution is 6.29. The van der Waals surface area contributed by atoms with Crippen molar-refractivity contribution in [2.75, 3.05) is 0 Å². The summed E-state index contributed by atoms with van der Waals surface area (Å²) >= 11 is 5.82. The van der Waals surface area contributed by atoms with Crippen LogP contribution in [0, 0.1) is 0 Å². The van der Waals surface area contributed by atoms with Crippen molar-refractivity contribution in [3.8, 4) is 0 Å². The van der Waals surface area contributed by atoms with Gasteiger partial charge < -0.3 is 4.90 Å². The van der Waals surface area contributed by atoms with Crippen LogP contribution >= 0.6 is 11.6 Å². The summed E-state index contributed by atoms with van der Waals surface area (Å²) in [5.74, 6) is 0.0639. The van der Waals surface area contributed by atoms with Crippen LogP contribution in [0.2, 0.25) is 5.15 Å². The van der Waals surface area contributed by atoms with Gasteiger partial charge in [-0.05, 0) is 45.2 Å². The van der Waals surface area contributed by atoms with Crippen molar-refractivity contribution in [3.05, 3.63) is 29.0 Å². The smallest absolute Gasteiger partial charge is 0.254 e. The summed E-state index contributed by atoms with van der Waals surface area (Å²) in [6.45, 7) is 4.21. The number of hydrogen-bond acceptors (Lipinski definition) is 2. The van der Waals surface area contributed by atoms with Crippen LogP contribution in [0.25, 0.3) is 0 Å². The maximum absolute atomic E-state index is 12.4. The molecule has 0 aromatic carbocycles. The molecule has 0 spiro atoms. The Hall–Kier alpha value is -1.09. The van der Waals surface area contributed by atoms with Crippen LogP contribution in [-0.2, 0) is 0 Å². The molecule has 0 N–H and O–H groups in total. The van der Waals surface area contributed by atoms with E-state index in [1.165, 1.54) is 6.42 Å². The van der Waals surface area contributed by atoms with Crippen LogP contribution in [-0.4, -0.2) is 27.9 Å². The van der Waals surface area contributed by atoms with Gasteiger partial charge in [0.1, 0.15) is 5.15 Å². The quantitative estimate of drug-likeness (QED) is 0.720. The molecule has 4 heteroatoms. The highest BCUT2D eigenvalue weighted by Gasteiger charge is 2.29. The van der Waals surface area contributed by atoms with E-state index in [9.17, 15) is 4.79 Å². The molecule has 2 rings (SSSR count). The van der Waals surface area contributed by atoms with Crippen LogP contribution in [0.4, 0.5) is 0 Å². The molecule has 2 atom stereocenters. The summed E-state index contributed by atoms with van der Waals surface area (Å²) in [7, 11) is 0. The molecule has 92 valence electrons. The Morgan fingerprint density at radius 3 is 2.65 bits per heavy atom. The van der Waals surface area contributed by atoms with Crippen LogP contribution < -0.4 is 0 Å². The van der Waals surface area contributed by atoms with E-state index >= 15 is 0 Å². The molecule has 1 saturated heterocycles. The van der Waals surface area contributed by atoms with Gasteiger partial charge in [0.15, 0.2) is 0 Å². The number of aromatic nitrogens is 1. The number of pyridine rings is 1. The second kappa shape index (κ2) is 5.05. The first-order valence-electron chi connectivity index (χ1n) is 6.04. The van der Waals surface area contributed by atoms with Crippen molar-refractivity contribution in [3.63, 3.8) is 0 Å². The van der Waals surface area contributed by atoms with E-state index in [2.05, 4.69) is 18.8 Å². The van der Waals surface area contributed by atoms with Gasteiger partial charge in [-0.25, -0.2) is 4.98 Å². The summed E-state index contributed by atoms with van der Waals surface area (Å²) in [6, 6.07) is 3.97. The number of nitrogens with zero attached hydrogens (tertiary/aromatic N) is 2. The summed E-state index contributed by atoms with van der Waals surface area (Å²) in [5, 5.41) is 0.369. The van der Waals surface area contributed by atoms with Crippen LogP contribution in [0.5, 0.6) is 0 Å². The fourth-order valence-electron chi connectivity index (χ4n) is 2.51. The van der Waals surface area contributed by atoms with Gasteiger partial charge in [-0.3, -0.25) is 4.79 Å². The highest BCUT2D eigenvalue weighted by atomic mass is 35.5. The minimum atomic E-state index is 0.0639. The first-order chi connectivity index (χ1) is 8.09. The lowest BCUT2D eigenvalue weighted by atomic mass is 9.96. The van der Waals surface area contributed by atoms with E-state index in [-0.39, 0.29) is 5.91 Å². The van der Waals surface area contributed by atoms with Crippen LogP contribution in [0.1, 0.15) is 43.5 Å². The molecule has 1 amide bonds. The van der Waals surface area contributed by atoms with E-state index in [0.717, 1.165) is 12.8 Å². The van der Waals surface area contributed by atoms with Crippen molar-refractivity contribution >= 4 is 17.5 Å². The maximum atomic E-state index is 12.4. The van der Waals surface area contributed by atoms with Crippen LogP contribution in [0.15, 0.2) is 18.3 Å². The first kappa shape index (κ1) is 12.4. The summed E-state index contributed by atoms with van der Waals surface area (Å²) in [4.78, 5) is 18.3. The minimum Gasteiger partial charge on any atom is -0.333 e. The molecule has 2 unspecified atom stereocenters. The molecule has 1 aliphatic heterocycles. The largest absolute Gasteiger partial charge is 0.333 e. The molecule has 1 aromatic heterocycles. The van der Waals surface area contributed by atoms with Gasteiger partial charge in [0, 0.05) is 23.8 Å². The molecule has 1 aromatic rings. The third-order valence-corrected chi connectivity index (χ3v) is 3.61. The van der Waals surface area contributed by atoms with E-state index in [1.807, 2.05) is 4.90 Å². The number of likely N-dealkylation sites (tertiary alicyclic amines) is 1. The fourth-order valence-corrected chi connectivity index (χ4v) is 2.68. The van der Waals surface area contributed by atoms with Crippen molar-refractivity contribution in [2.45, 2.75) is 45.2 Å². The molecule has 0 aliphatic carbocycles. The Morgan fingerprint density at radius 1 is 1.41 bits per heavy atom. The van der Waals surface area contributed by atoms with Crippen molar-refractivity contribution < 1.29 is 4.79 Å².